The maximum absolute atomic E-state index is 12.1. The molecule has 0 saturated heterocycles. The number of carbonyl (C=O) groups excluding carboxylic acids is 1. The Kier molecular flexibility index (Phi) is 4.64. The van der Waals surface area contributed by atoms with Crippen LogP contribution in [0.5, 0.6) is 0 Å². The molecule has 0 unspecified atom stereocenters. The number of nitrogens with one attached hydrogen (secondary N) is 1. The van der Waals surface area contributed by atoms with E-state index in [1.165, 1.54) is 15.6 Å². The van der Waals surface area contributed by atoms with Crippen LogP contribution >= 0.6 is 0 Å². The molecule has 1 amide bonds. The summed E-state index contributed by atoms with van der Waals surface area (Å²) in [7, 11) is 0. The number of nitrogens with zero attached hydrogens (tertiary/aromatic N) is 6. The van der Waals surface area contributed by atoms with Gasteiger partial charge in [0.05, 0.1) is 16.4 Å². The number of rotatable bonds is 7. The molecule has 1 N–H and O–H groups in total. The van der Waals surface area contributed by atoms with Gasteiger partial charge in [0.2, 0.25) is 5.69 Å². The van der Waals surface area contributed by atoms with Gasteiger partial charge in [-0.15, -0.1) is 0 Å². The highest BCUT2D eigenvalue weighted by atomic mass is 16.6. The lowest BCUT2D eigenvalue weighted by molar-refractivity contribution is -0.385. The van der Waals surface area contributed by atoms with E-state index in [1.807, 2.05) is 0 Å². The zero-order valence-electron chi connectivity index (χ0n) is 12.1. The van der Waals surface area contributed by atoms with E-state index in [2.05, 4.69) is 15.5 Å². The molecule has 0 atom stereocenters. The monoisotopic (exact) mass is 323 g/mol. The van der Waals surface area contributed by atoms with Crippen LogP contribution in [0.15, 0.2) is 18.6 Å². The van der Waals surface area contributed by atoms with E-state index >= 15 is 0 Å². The third-order valence-corrected chi connectivity index (χ3v) is 2.99. The lowest BCUT2D eigenvalue weighted by atomic mass is 10.3. The molecule has 0 aliphatic rings. The lowest BCUT2D eigenvalue weighted by Gasteiger charge is -2.06. The van der Waals surface area contributed by atoms with Crippen molar-refractivity contribution in [1.82, 2.24) is 24.9 Å². The van der Waals surface area contributed by atoms with Crippen molar-refractivity contribution in [3.8, 4) is 0 Å². The summed E-state index contributed by atoms with van der Waals surface area (Å²) in [6.45, 7) is 2.30. The first-order chi connectivity index (χ1) is 10.9. The van der Waals surface area contributed by atoms with Crippen LogP contribution in [0, 0.1) is 20.2 Å². The highest BCUT2D eigenvalue weighted by Gasteiger charge is 2.26. The van der Waals surface area contributed by atoms with Gasteiger partial charge in [0.1, 0.15) is 18.6 Å². The van der Waals surface area contributed by atoms with Crippen molar-refractivity contribution in [3.05, 3.63) is 44.5 Å². The van der Waals surface area contributed by atoms with Gasteiger partial charge in [0.15, 0.2) is 0 Å². The molecule has 0 radical (unpaired) electrons. The van der Waals surface area contributed by atoms with E-state index in [9.17, 15) is 25.0 Å². The van der Waals surface area contributed by atoms with Crippen LogP contribution in [0.2, 0.25) is 0 Å². The third kappa shape index (κ3) is 3.48. The van der Waals surface area contributed by atoms with Crippen LogP contribution in [0.1, 0.15) is 17.4 Å². The number of nitro groups is 2. The molecule has 0 aliphatic carbocycles. The zero-order chi connectivity index (χ0) is 17.0. The van der Waals surface area contributed by atoms with E-state index in [0.717, 1.165) is 12.4 Å². The Morgan fingerprint density at radius 2 is 2.00 bits per heavy atom. The molecule has 0 aromatic carbocycles. The van der Waals surface area contributed by atoms with Crippen LogP contribution in [0.4, 0.5) is 11.4 Å². The minimum atomic E-state index is -0.676. The molecule has 2 aromatic rings. The summed E-state index contributed by atoms with van der Waals surface area (Å²) in [6.07, 6.45) is 3.35. The Morgan fingerprint density at radius 1 is 1.26 bits per heavy atom. The minimum absolute atomic E-state index is 0.101. The van der Waals surface area contributed by atoms with Crippen molar-refractivity contribution in [2.24, 2.45) is 0 Å². The van der Waals surface area contributed by atoms with Gasteiger partial charge < -0.3 is 5.32 Å². The van der Waals surface area contributed by atoms with Crippen LogP contribution < -0.4 is 5.32 Å². The Hall–Kier alpha value is -3.31. The van der Waals surface area contributed by atoms with Gasteiger partial charge in [-0.25, -0.2) is 0 Å². The smallest absolute Gasteiger partial charge is 0.320 e. The topological polar surface area (TPSA) is 151 Å². The van der Waals surface area contributed by atoms with Gasteiger partial charge in [-0.3, -0.25) is 34.4 Å². The summed E-state index contributed by atoms with van der Waals surface area (Å²) in [5, 5.41) is 31.5. The van der Waals surface area contributed by atoms with Crippen molar-refractivity contribution < 1.29 is 14.6 Å². The number of hydrogen-bond donors (Lipinski definition) is 1. The Labute approximate surface area is 129 Å². The molecule has 0 saturated carbocycles. The Morgan fingerprint density at radius 3 is 2.57 bits per heavy atom. The summed E-state index contributed by atoms with van der Waals surface area (Å²) in [5.74, 6) is -0.641. The summed E-state index contributed by atoms with van der Waals surface area (Å²) >= 11 is 0. The predicted octanol–water partition coefficient (Wildman–Crippen LogP) is 0.346. The molecule has 12 nitrogen and oxygen atoms in total. The highest BCUT2D eigenvalue weighted by Crippen LogP contribution is 2.17. The fourth-order valence-electron chi connectivity index (χ4n) is 1.92. The molecule has 0 aliphatic heterocycles. The molecule has 2 rings (SSSR count). The van der Waals surface area contributed by atoms with Gasteiger partial charge in [-0.1, -0.05) is 0 Å². The quantitative estimate of drug-likeness (QED) is 0.570. The summed E-state index contributed by atoms with van der Waals surface area (Å²) in [4.78, 5) is 32.3. The van der Waals surface area contributed by atoms with Crippen molar-refractivity contribution >= 4 is 17.3 Å². The van der Waals surface area contributed by atoms with E-state index in [4.69, 9.17) is 0 Å². The molecule has 0 spiro atoms. The maximum Gasteiger partial charge on any atom is 0.320 e. The molecule has 23 heavy (non-hydrogen) atoms. The first-order valence-corrected chi connectivity index (χ1v) is 6.59. The van der Waals surface area contributed by atoms with Gasteiger partial charge >= 0.3 is 11.4 Å². The summed E-state index contributed by atoms with van der Waals surface area (Å²) in [5.41, 5.74) is -0.668. The Bertz CT molecular complexity index is 750. The number of amides is 1. The van der Waals surface area contributed by atoms with Gasteiger partial charge in [0, 0.05) is 13.1 Å². The molecule has 2 aromatic heterocycles. The average Bonchev–Trinajstić information content (AvgIpc) is 3.13. The molecule has 12 heteroatoms. The number of aryl methyl sites for hydroxylation is 1. The molecular formula is C11H13N7O5. The highest BCUT2D eigenvalue weighted by molar-refractivity contribution is 5.96. The lowest BCUT2D eigenvalue weighted by Crippen LogP contribution is -2.30. The number of aromatic nitrogens is 4. The second kappa shape index (κ2) is 6.64. The largest absolute Gasteiger partial charge is 0.349 e. The predicted molar refractivity (Wildman–Crippen MR) is 75.8 cm³/mol. The second-order valence-electron chi connectivity index (χ2n) is 4.43. The third-order valence-electron chi connectivity index (χ3n) is 2.99. The molecule has 0 fully saturated rings. The van der Waals surface area contributed by atoms with Crippen LogP contribution in [0.3, 0.4) is 0 Å². The van der Waals surface area contributed by atoms with Crippen molar-refractivity contribution in [2.45, 2.75) is 20.0 Å². The average molecular weight is 323 g/mol. The van der Waals surface area contributed by atoms with Gasteiger partial charge in [-0.05, 0) is 6.92 Å². The molecule has 0 bridgehead atoms. The van der Waals surface area contributed by atoms with Crippen molar-refractivity contribution in [2.75, 3.05) is 6.54 Å². The normalized spacial score (nSPS) is 10.5. The van der Waals surface area contributed by atoms with E-state index < -0.39 is 15.8 Å². The van der Waals surface area contributed by atoms with Gasteiger partial charge in [0.25, 0.3) is 5.91 Å². The zero-order valence-corrected chi connectivity index (χ0v) is 12.1. The summed E-state index contributed by atoms with van der Waals surface area (Å²) < 4.78 is 2.52. The van der Waals surface area contributed by atoms with Gasteiger partial charge in [-0.2, -0.15) is 10.2 Å². The molecule has 2 heterocycles. The fraction of sp³-hybridized carbons (Fsp3) is 0.364. The van der Waals surface area contributed by atoms with E-state index in [0.29, 0.717) is 6.54 Å². The first kappa shape index (κ1) is 16.1. The minimum Gasteiger partial charge on any atom is -0.349 e. The summed E-state index contributed by atoms with van der Waals surface area (Å²) in [6, 6.07) is 0. The van der Waals surface area contributed by atoms with E-state index in [1.54, 1.807) is 6.92 Å². The first-order valence-electron chi connectivity index (χ1n) is 6.59. The standard InChI is InChI=1S/C11H13N7O5/c1-2-16-10(9(6-14-16)18(22)23)11(19)12-3-4-15-7-8(5-13-15)17(20)21/h5-7H,2-4H2,1H3,(H,12,19). The number of hydrogen-bond acceptors (Lipinski definition) is 7. The molecular weight excluding hydrogens is 310 g/mol. The Balaban J connectivity index is 2.01. The van der Waals surface area contributed by atoms with E-state index in [-0.39, 0.29) is 30.2 Å². The van der Waals surface area contributed by atoms with Crippen molar-refractivity contribution in [1.29, 1.82) is 0 Å². The maximum atomic E-state index is 12.1. The van der Waals surface area contributed by atoms with Crippen LogP contribution in [-0.4, -0.2) is 41.9 Å². The van der Waals surface area contributed by atoms with Crippen LogP contribution in [0.25, 0.3) is 0 Å². The van der Waals surface area contributed by atoms with Crippen molar-refractivity contribution in [3.63, 3.8) is 0 Å². The fourth-order valence-corrected chi connectivity index (χ4v) is 1.92. The second-order valence-corrected chi connectivity index (χ2v) is 4.43. The number of carbonyl (C=O) groups is 1. The SMILES string of the molecule is CCn1ncc([N+](=O)[O-])c1C(=O)NCCn1cc([N+](=O)[O-])cn1. The molecule has 122 valence electrons. The van der Waals surface area contributed by atoms with Crippen LogP contribution in [-0.2, 0) is 13.1 Å².